The summed E-state index contributed by atoms with van der Waals surface area (Å²) in [6, 6.07) is 49.4. The van der Waals surface area contributed by atoms with Crippen molar-refractivity contribution in [1.82, 2.24) is 23.7 Å². The Morgan fingerprint density at radius 3 is 1.63 bits per heavy atom. The van der Waals surface area contributed by atoms with Crippen molar-refractivity contribution in [2.24, 2.45) is 0 Å². The fraction of sp³-hybridized carbons (Fsp3) is 0.0213. The van der Waals surface area contributed by atoms with Gasteiger partial charge in [-0.25, -0.2) is 9.97 Å². The summed E-state index contributed by atoms with van der Waals surface area (Å²) in [7, 11) is 0. The molecule has 0 amide bonds. The van der Waals surface area contributed by atoms with Gasteiger partial charge in [-0.2, -0.15) is 0 Å². The predicted molar refractivity (Wildman–Crippen MR) is 216 cm³/mol. The van der Waals surface area contributed by atoms with Crippen LogP contribution in [0.4, 0.5) is 0 Å². The number of aromatic nitrogens is 5. The maximum Gasteiger partial charge on any atom is 0.145 e. The molecule has 0 bridgehead atoms. The normalized spacial score (nSPS) is 11.8. The maximum atomic E-state index is 5.67. The summed E-state index contributed by atoms with van der Waals surface area (Å²) < 4.78 is 6.83. The van der Waals surface area contributed by atoms with E-state index in [4.69, 9.17) is 16.4 Å². The summed E-state index contributed by atoms with van der Waals surface area (Å²) in [5.74, 6) is 2.68. The zero-order chi connectivity index (χ0) is 34.8. The summed E-state index contributed by atoms with van der Waals surface area (Å²) in [6.45, 7) is 2.16. The Morgan fingerprint density at radius 1 is 0.500 bits per heavy atom. The van der Waals surface area contributed by atoms with E-state index < -0.39 is 0 Å². The average Bonchev–Trinajstić information content (AvgIpc) is 3.81. The Labute approximate surface area is 300 Å². The zero-order valence-electron chi connectivity index (χ0n) is 28.4. The minimum Gasteiger partial charge on any atom is -0.313 e. The van der Waals surface area contributed by atoms with E-state index in [0.29, 0.717) is 0 Å². The van der Waals surface area contributed by atoms with Gasteiger partial charge in [0.1, 0.15) is 11.3 Å². The largest absolute Gasteiger partial charge is 0.313 e. The van der Waals surface area contributed by atoms with Crippen molar-refractivity contribution >= 4 is 60.9 Å². The molecule has 0 spiro atoms. The molecule has 0 aliphatic heterocycles. The topological polar surface area (TPSA) is 40.6 Å². The number of rotatable bonds is 5. The van der Waals surface area contributed by atoms with Crippen molar-refractivity contribution < 1.29 is 0 Å². The van der Waals surface area contributed by atoms with Gasteiger partial charge in [-0.15, -0.1) is 6.42 Å². The van der Waals surface area contributed by atoms with Gasteiger partial charge in [-0.3, -0.25) is 9.13 Å². The highest BCUT2D eigenvalue weighted by molar-refractivity contribution is 6.11. The third-order valence-electron chi connectivity index (χ3n) is 10.3. The van der Waals surface area contributed by atoms with Gasteiger partial charge in [-0.1, -0.05) is 54.5 Å². The molecule has 5 heterocycles. The molecule has 10 rings (SSSR count). The molecule has 0 aliphatic carbocycles. The van der Waals surface area contributed by atoms with E-state index in [0.717, 1.165) is 94.2 Å². The first-order valence-electron chi connectivity index (χ1n) is 17.4. The van der Waals surface area contributed by atoms with Crippen LogP contribution in [-0.2, 0) is 0 Å². The molecule has 0 atom stereocenters. The van der Waals surface area contributed by atoms with Crippen LogP contribution < -0.4 is 0 Å². The molecule has 0 aliphatic rings. The number of pyridine rings is 2. The summed E-state index contributed by atoms with van der Waals surface area (Å²) >= 11 is 0. The standard InChI is InChI=1S/C47H31N5/c1-3-4-17-37-31(2)50(34-13-7-5-8-14-34)43-23-20-32(28-40(37)43)33-21-24-44-41(29-33)38-18-11-27-49-47(38)52(44)36-22-25-45-42(30-36)39-19-12-26-48-46(39)51(45)35-15-9-6-10-16-35/h1,4-30H,2H3/b17-4-. The molecule has 0 saturated heterocycles. The number of hydrogen-bond donors (Lipinski definition) is 0. The third kappa shape index (κ3) is 4.45. The zero-order valence-corrected chi connectivity index (χ0v) is 28.4. The van der Waals surface area contributed by atoms with Crippen molar-refractivity contribution in [3.63, 3.8) is 0 Å². The van der Waals surface area contributed by atoms with Crippen molar-refractivity contribution in [1.29, 1.82) is 0 Å². The summed E-state index contributed by atoms with van der Waals surface area (Å²) in [6.07, 6.45) is 13.2. The highest BCUT2D eigenvalue weighted by Gasteiger charge is 2.19. The van der Waals surface area contributed by atoms with Gasteiger partial charge >= 0.3 is 0 Å². The Morgan fingerprint density at radius 2 is 1.02 bits per heavy atom. The number of terminal acetylenes is 1. The maximum absolute atomic E-state index is 5.67. The van der Waals surface area contributed by atoms with E-state index in [9.17, 15) is 0 Å². The van der Waals surface area contributed by atoms with Crippen LogP contribution in [0.25, 0.3) is 89.0 Å². The van der Waals surface area contributed by atoms with Crippen molar-refractivity contribution in [3.05, 3.63) is 169 Å². The molecule has 0 N–H and O–H groups in total. The van der Waals surface area contributed by atoms with Crippen LogP contribution in [0.15, 0.2) is 158 Å². The average molecular weight is 666 g/mol. The highest BCUT2D eigenvalue weighted by atomic mass is 15.1. The van der Waals surface area contributed by atoms with E-state index >= 15 is 0 Å². The summed E-state index contributed by atoms with van der Waals surface area (Å²) in [5, 5.41) is 5.68. The molecular formula is C47H31N5. The monoisotopic (exact) mass is 665 g/mol. The molecule has 5 heteroatoms. The Balaban J connectivity index is 1.16. The van der Waals surface area contributed by atoms with Crippen LogP contribution in [0.5, 0.6) is 0 Å². The van der Waals surface area contributed by atoms with Gasteiger partial charge in [0.2, 0.25) is 0 Å². The molecule has 5 aromatic carbocycles. The number of allylic oxidation sites excluding steroid dienone is 1. The molecule has 5 aromatic heterocycles. The van der Waals surface area contributed by atoms with Crippen molar-refractivity contribution in [2.75, 3.05) is 0 Å². The van der Waals surface area contributed by atoms with Gasteiger partial charge in [0, 0.05) is 67.6 Å². The number of benzene rings is 5. The minimum atomic E-state index is 0.923. The molecule has 5 nitrogen and oxygen atoms in total. The number of nitrogens with zero attached hydrogens (tertiary/aromatic N) is 5. The lowest BCUT2D eigenvalue weighted by atomic mass is 10.00. The van der Waals surface area contributed by atoms with Crippen LogP contribution in [0.1, 0.15) is 11.3 Å². The Kier molecular flexibility index (Phi) is 6.70. The van der Waals surface area contributed by atoms with Gasteiger partial charge in [0.15, 0.2) is 0 Å². The lowest BCUT2D eigenvalue weighted by molar-refractivity contribution is 1.05. The first-order chi connectivity index (χ1) is 25.7. The van der Waals surface area contributed by atoms with Gasteiger partial charge in [0.05, 0.1) is 16.6 Å². The van der Waals surface area contributed by atoms with Gasteiger partial charge < -0.3 is 4.57 Å². The van der Waals surface area contributed by atoms with Gasteiger partial charge in [0.25, 0.3) is 0 Å². The summed E-state index contributed by atoms with van der Waals surface area (Å²) in [5.41, 5.74) is 13.0. The Hall–Kier alpha value is -7.16. The molecule has 0 unspecified atom stereocenters. The van der Waals surface area contributed by atoms with Crippen LogP contribution in [-0.4, -0.2) is 23.7 Å². The number of para-hydroxylation sites is 2. The number of fused-ring (bicyclic) bond motifs is 7. The van der Waals surface area contributed by atoms with Crippen LogP contribution >= 0.6 is 0 Å². The quantitative estimate of drug-likeness (QED) is 0.172. The minimum absolute atomic E-state index is 0.923. The first-order valence-corrected chi connectivity index (χ1v) is 17.4. The molecule has 52 heavy (non-hydrogen) atoms. The predicted octanol–water partition coefficient (Wildman–Crippen LogP) is 11.2. The van der Waals surface area contributed by atoms with E-state index in [-0.39, 0.29) is 0 Å². The molecular weight excluding hydrogens is 635 g/mol. The molecule has 0 fully saturated rings. The van der Waals surface area contributed by atoms with E-state index in [1.807, 2.05) is 42.7 Å². The van der Waals surface area contributed by atoms with Crippen LogP contribution in [0.2, 0.25) is 0 Å². The second-order valence-electron chi connectivity index (χ2n) is 13.1. The highest BCUT2D eigenvalue weighted by Crippen LogP contribution is 2.39. The fourth-order valence-electron chi connectivity index (χ4n) is 7.97. The molecule has 0 radical (unpaired) electrons. The molecule has 10 aromatic rings. The van der Waals surface area contributed by atoms with Crippen molar-refractivity contribution in [3.8, 4) is 40.5 Å². The second-order valence-corrected chi connectivity index (χ2v) is 13.1. The smallest absolute Gasteiger partial charge is 0.145 e. The van der Waals surface area contributed by atoms with E-state index in [2.05, 4.69) is 142 Å². The second kappa shape index (κ2) is 11.7. The van der Waals surface area contributed by atoms with E-state index in [1.54, 1.807) is 6.08 Å². The number of hydrogen-bond acceptors (Lipinski definition) is 2. The van der Waals surface area contributed by atoms with Crippen molar-refractivity contribution in [2.45, 2.75) is 6.92 Å². The molecule has 0 saturated carbocycles. The third-order valence-corrected chi connectivity index (χ3v) is 10.3. The summed E-state index contributed by atoms with van der Waals surface area (Å²) in [4.78, 5) is 9.75. The SMILES string of the molecule is C#C/C=C\c1c(C)n(-c2ccccc2)c2ccc(-c3ccc4c(c3)c3cccnc3n4-c3ccc4c(c3)c3cccnc3n4-c3ccccc3)cc12. The van der Waals surface area contributed by atoms with E-state index in [1.165, 1.54) is 0 Å². The lowest BCUT2D eigenvalue weighted by Gasteiger charge is -2.10. The van der Waals surface area contributed by atoms with Crippen LogP contribution in [0, 0.1) is 19.3 Å². The first kappa shape index (κ1) is 29.7. The lowest BCUT2D eigenvalue weighted by Crippen LogP contribution is -1.97. The van der Waals surface area contributed by atoms with Crippen LogP contribution in [0.3, 0.4) is 0 Å². The fourth-order valence-corrected chi connectivity index (χ4v) is 7.97. The molecule has 244 valence electrons. The van der Waals surface area contributed by atoms with Gasteiger partial charge in [-0.05, 0) is 121 Å². The Bertz CT molecular complexity index is 3080.